The number of nitrogens with two attached hydrogens (primary N) is 1. The number of hydrogen-bond acceptors (Lipinski definition) is 10. The number of pyridine rings is 2. The molecule has 7 rings (SSSR count). The quantitative estimate of drug-likeness (QED) is 0.228. The first-order chi connectivity index (χ1) is 22.3. The van der Waals surface area contributed by atoms with Crippen molar-refractivity contribution in [2.24, 2.45) is 0 Å². The molecule has 2 atom stereocenters. The summed E-state index contributed by atoms with van der Waals surface area (Å²) in [5, 5.41) is 6.52. The van der Waals surface area contributed by atoms with Crippen molar-refractivity contribution in [3.63, 3.8) is 0 Å². The molecule has 1 fully saturated rings. The standard InChI is InChI=1S/C27H23F5N8O2.C4H9N/c1-10-5-16-15(8-35-39-16)17(19(10)27(30,31)32)21-20(29)22-18-24(38-26(37-22)41-4)40(11(2)9-42-25(18)36-21)12(3)14-6-13(28)7-34-23(14)33;1-5-3-2-4-5/h5-8,11-12H,9H2,1-4H3,(H2,33,34)(H,35,39);2-4H2,1H3/t11-,12?;/m0./s1. The maximum atomic E-state index is 16.6. The molecule has 2 aliphatic heterocycles. The van der Waals surface area contributed by atoms with Gasteiger partial charge in [0.15, 0.2) is 5.82 Å². The monoisotopic (exact) mass is 657 g/mol. The summed E-state index contributed by atoms with van der Waals surface area (Å²) in [5.41, 5.74) is 3.93. The molecule has 0 bridgehead atoms. The Hall–Kier alpha value is -4.86. The number of anilines is 2. The molecule has 16 heteroatoms. The maximum Gasteiger partial charge on any atom is 0.417 e. The highest BCUT2D eigenvalue weighted by atomic mass is 19.4. The molecule has 2 aliphatic rings. The fourth-order valence-corrected chi connectivity index (χ4v) is 5.97. The maximum absolute atomic E-state index is 16.6. The number of aromatic amines is 1. The zero-order valence-electron chi connectivity index (χ0n) is 26.2. The molecule has 3 N–H and O–H groups in total. The number of hydrogen-bond donors (Lipinski definition) is 2. The molecule has 0 amide bonds. The van der Waals surface area contributed by atoms with Crippen LogP contribution in [0.5, 0.6) is 11.9 Å². The third-order valence-corrected chi connectivity index (χ3v) is 8.40. The fraction of sp³-hybridized carbons (Fsp3) is 0.387. The summed E-state index contributed by atoms with van der Waals surface area (Å²) in [6.45, 7) is 7.37. The van der Waals surface area contributed by atoms with Gasteiger partial charge in [-0.25, -0.2) is 18.7 Å². The summed E-state index contributed by atoms with van der Waals surface area (Å²) >= 11 is 0. The lowest BCUT2D eigenvalue weighted by Gasteiger charge is -2.34. The third-order valence-electron chi connectivity index (χ3n) is 8.40. The number of aromatic nitrogens is 6. The van der Waals surface area contributed by atoms with Crippen molar-refractivity contribution in [1.29, 1.82) is 0 Å². The van der Waals surface area contributed by atoms with Crippen molar-refractivity contribution < 1.29 is 31.4 Å². The number of H-pyrrole nitrogens is 1. The van der Waals surface area contributed by atoms with Crippen LogP contribution in [0.15, 0.2) is 24.5 Å². The number of halogens is 5. The average molecular weight is 658 g/mol. The molecule has 0 radical (unpaired) electrons. The van der Waals surface area contributed by atoms with Gasteiger partial charge in [-0.05, 0) is 65.0 Å². The van der Waals surface area contributed by atoms with Gasteiger partial charge in [0.05, 0.1) is 42.7 Å². The van der Waals surface area contributed by atoms with Crippen LogP contribution in [0.3, 0.4) is 0 Å². The lowest BCUT2D eigenvalue weighted by Crippen LogP contribution is -2.39. The predicted molar refractivity (Wildman–Crippen MR) is 165 cm³/mol. The number of ether oxygens (including phenoxy) is 2. The number of aryl methyl sites for hydroxylation is 1. The predicted octanol–water partition coefficient (Wildman–Crippen LogP) is 5.83. The first-order valence-corrected chi connectivity index (χ1v) is 14.8. The van der Waals surface area contributed by atoms with Crippen LogP contribution in [0.4, 0.5) is 33.6 Å². The molecule has 1 saturated heterocycles. The van der Waals surface area contributed by atoms with Crippen LogP contribution in [-0.2, 0) is 6.18 Å². The molecule has 1 unspecified atom stereocenters. The van der Waals surface area contributed by atoms with Crippen LogP contribution in [0.2, 0.25) is 0 Å². The van der Waals surface area contributed by atoms with Gasteiger partial charge in [-0.15, -0.1) is 0 Å². The van der Waals surface area contributed by atoms with Gasteiger partial charge in [0, 0.05) is 16.5 Å². The number of benzene rings is 1. The Morgan fingerprint density at radius 1 is 1.13 bits per heavy atom. The van der Waals surface area contributed by atoms with Crippen molar-refractivity contribution in [3.05, 3.63) is 52.9 Å². The molecule has 0 spiro atoms. The van der Waals surface area contributed by atoms with E-state index in [0.29, 0.717) is 5.56 Å². The highest BCUT2D eigenvalue weighted by Crippen LogP contribution is 2.47. The van der Waals surface area contributed by atoms with E-state index in [9.17, 15) is 17.6 Å². The average Bonchev–Trinajstić information content (AvgIpc) is 3.42. The van der Waals surface area contributed by atoms with E-state index >= 15 is 4.39 Å². The number of rotatable bonds is 4. The Balaban J connectivity index is 0.000000707. The van der Waals surface area contributed by atoms with E-state index < -0.39 is 46.7 Å². The first-order valence-electron chi connectivity index (χ1n) is 14.8. The Labute approximate surface area is 265 Å². The highest BCUT2D eigenvalue weighted by molar-refractivity contribution is 6.02. The van der Waals surface area contributed by atoms with E-state index in [2.05, 4.69) is 42.1 Å². The minimum absolute atomic E-state index is 0.000771. The molecule has 6 heterocycles. The van der Waals surface area contributed by atoms with Gasteiger partial charge in [0.2, 0.25) is 5.88 Å². The van der Waals surface area contributed by atoms with Gasteiger partial charge in [0.1, 0.15) is 40.7 Å². The van der Waals surface area contributed by atoms with Crippen LogP contribution in [0.1, 0.15) is 43.0 Å². The molecule has 248 valence electrons. The third kappa shape index (κ3) is 5.70. The molecule has 1 aromatic carbocycles. The first kappa shape index (κ1) is 32.1. The van der Waals surface area contributed by atoms with Crippen LogP contribution in [0, 0.1) is 18.6 Å². The normalized spacial score (nSPS) is 17.1. The van der Waals surface area contributed by atoms with Crippen molar-refractivity contribution in [2.45, 2.75) is 45.5 Å². The fourth-order valence-electron chi connectivity index (χ4n) is 5.97. The zero-order valence-corrected chi connectivity index (χ0v) is 26.2. The molecule has 0 aliphatic carbocycles. The number of likely N-dealkylation sites (tertiary alicyclic amines) is 1. The SMILES string of the molecule is CN1CCC1.COc1nc2c3c(nc(-c4c(C(F)(F)F)c(C)cc5[nH]ncc45)c(F)c3n1)OC[C@H](C)N2C(C)c1cc(F)cnc1N. The van der Waals surface area contributed by atoms with Gasteiger partial charge in [-0.1, -0.05) is 0 Å². The van der Waals surface area contributed by atoms with E-state index in [4.69, 9.17) is 15.2 Å². The summed E-state index contributed by atoms with van der Waals surface area (Å²) in [7, 11) is 3.41. The van der Waals surface area contributed by atoms with Crippen molar-refractivity contribution >= 4 is 33.4 Å². The summed E-state index contributed by atoms with van der Waals surface area (Å²) in [5.74, 6) is -1.76. The summed E-state index contributed by atoms with van der Waals surface area (Å²) < 4.78 is 85.3. The lowest BCUT2D eigenvalue weighted by atomic mass is 9.94. The molecule has 4 aromatic heterocycles. The smallest absolute Gasteiger partial charge is 0.417 e. The largest absolute Gasteiger partial charge is 0.475 e. The number of nitrogens with zero attached hydrogens (tertiary/aromatic N) is 7. The number of methoxy groups -OCH3 is 1. The van der Waals surface area contributed by atoms with E-state index in [1.54, 1.807) is 18.7 Å². The molecule has 11 nitrogen and oxygen atoms in total. The molecule has 0 saturated carbocycles. The molecular weight excluding hydrogens is 625 g/mol. The van der Waals surface area contributed by atoms with Crippen molar-refractivity contribution in [1.82, 2.24) is 35.0 Å². The summed E-state index contributed by atoms with van der Waals surface area (Å²) in [6, 6.07) is 1.11. The molecular formula is C31H32F5N9O2. The van der Waals surface area contributed by atoms with Crippen LogP contribution in [-0.4, -0.2) is 74.9 Å². The number of nitrogen functional groups attached to an aromatic ring is 1. The Kier molecular flexibility index (Phi) is 8.23. The van der Waals surface area contributed by atoms with E-state index in [1.807, 2.05) is 0 Å². The minimum atomic E-state index is -4.85. The van der Waals surface area contributed by atoms with Crippen molar-refractivity contribution in [2.75, 3.05) is 44.5 Å². The topological polar surface area (TPSA) is 131 Å². The summed E-state index contributed by atoms with van der Waals surface area (Å²) in [4.78, 5) is 20.8. The van der Waals surface area contributed by atoms with Crippen molar-refractivity contribution in [3.8, 4) is 23.1 Å². The second-order valence-corrected chi connectivity index (χ2v) is 11.6. The number of nitrogens with one attached hydrogen (secondary N) is 1. The lowest BCUT2D eigenvalue weighted by molar-refractivity contribution is -0.137. The van der Waals surface area contributed by atoms with Crippen LogP contribution in [0.25, 0.3) is 33.1 Å². The van der Waals surface area contributed by atoms with Gasteiger partial charge in [0.25, 0.3) is 0 Å². The van der Waals surface area contributed by atoms with Gasteiger partial charge >= 0.3 is 12.2 Å². The Morgan fingerprint density at radius 2 is 1.85 bits per heavy atom. The Bertz CT molecular complexity index is 1980. The summed E-state index contributed by atoms with van der Waals surface area (Å²) in [6.07, 6.45) is -1.27. The van der Waals surface area contributed by atoms with E-state index in [-0.39, 0.29) is 57.5 Å². The van der Waals surface area contributed by atoms with Gasteiger partial charge in [-0.3, -0.25) is 5.10 Å². The second kappa shape index (κ2) is 12.1. The zero-order chi connectivity index (χ0) is 33.8. The molecule has 47 heavy (non-hydrogen) atoms. The number of alkyl halides is 3. The van der Waals surface area contributed by atoms with E-state index in [0.717, 1.165) is 6.20 Å². The van der Waals surface area contributed by atoms with Crippen LogP contribution >= 0.6 is 0 Å². The van der Waals surface area contributed by atoms with Crippen LogP contribution < -0.4 is 20.1 Å². The van der Waals surface area contributed by atoms with Gasteiger partial charge < -0.3 is 25.0 Å². The second-order valence-electron chi connectivity index (χ2n) is 11.6. The minimum Gasteiger partial charge on any atom is -0.475 e. The van der Waals surface area contributed by atoms with E-state index in [1.165, 1.54) is 51.9 Å². The highest BCUT2D eigenvalue weighted by Gasteiger charge is 2.40. The van der Waals surface area contributed by atoms with Gasteiger partial charge in [-0.2, -0.15) is 28.2 Å². The number of fused-ring (bicyclic) bond motifs is 1. The molecule has 5 aromatic rings. The Morgan fingerprint density at radius 3 is 2.49 bits per heavy atom.